The van der Waals surface area contributed by atoms with Crippen LogP contribution in [0.1, 0.15) is 38.8 Å². The number of amides is 2. The third-order valence-corrected chi connectivity index (χ3v) is 7.43. The van der Waals surface area contributed by atoms with Crippen molar-refractivity contribution in [3.63, 3.8) is 0 Å². The van der Waals surface area contributed by atoms with Crippen molar-refractivity contribution in [1.82, 2.24) is 10.2 Å². The van der Waals surface area contributed by atoms with Crippen molar-refractivity contribution in [2.75, 3.05) is 17.1 Å². The van der Waals surface area contributed by atoms with Gasteiger partial charge in [0, 0.05) is 12.1 Å². The Labute approximate surface area is 234 Å². The van der Waals surface area contributed by atoms with Crippen LogP contribution in [-0.4, -0.2) is 49.5 Å². The van der Waals surface area contributed by atoms with E-state index < -0.39 is 62.4 Å². The first kappa shape index (κ1) is 32.0. The second kappa shape index (κ2) is 11.9. The molecule has 0 heterocycles. The minimum atomic E-state index is -4.86. The molecule has 0 fully saturated rings. The lowest BCUT2D eigenvalue weighted by Crippen LogP contribution is -2.54. The largest absolute Gasteiger partial charge is 0.417 e. The summed E-state index contributed by atoms with van der Waals surface area (Å²) < 4.78 is 66.0. The molecule has 7 nitrogen and oxygen atoms in total. The summed E-state index contributed by atoms with van der Waals surface area (Å²) in [6.45, 7) is 5.63. The number of sulfonamides is 1. The van der Waals surface area contributed by atoms with E-state index in [1.54, 1.807) is 26.8 Å². The van der Waals surface area contributed by atoms with Gasteiger partial charge in [0.15, 0.2) is 0 Å². The highest BCUT2D eigenvalue weighted by molar-refractivity contribution is 7.92. The van der Waals surface area contributed by atoms with Gasteiger partial charge in [0.25, 0.3) is 0 Å². The fraction of sp³-hybridized carbons (Fsp3) is 0.417. The number of hydrogen-bond acceptors (Lipinski definition) is 4. The standard InChI is InChI=1S/C24H27Cl3F3N3O4S/c1-14(22(35)31-23(2,3)4)32(12-15-6-8-19(26)20(27)10-15)21(34)13-33(38(5,36)37)16-7-9-18(25)17(11-16)24(28,29)30/h6-11,14H,12-13H2,1-5H3,(H,31,35)/t14-/m1/s1. The van der Waals surface area contributed by atoms with Crippen LogP contribution in [0.3, 0.4) is 0 Å². The Morgan fingerprint density at radius 1 is 0.974 bits per heavy atom. The number of nitrogens with one attached hydrogen (secondary N) is 1. The third-order valence-electron chi connectivity index (χ3n) is 5.22. The molecule has 14 heteroatoms. The number of carbonyl (C=O) groups excluding carboxylic acids is 2. The quantitative estimate of drug-likeness (QED) is 0.409. The van der Waals surface area contributed by atoms with Crippen molar-refractivity contribution in [2.24, 2.45) is 0 Å². The number of benzene rings is 2. The van der Waals surface area contributed by atoms with Gasteiger partial charge in [-0.2, -0.15) is 13.2 Å². The molecule has 0 aliphatic rings. The van der Waals surface area contributed by atoms with E-state index in [9.17, 15) is 31.2 Å². The first-order valence-electron chi connectivity index (χ1n) is 11.1. The Morgan fingerprint density at radius 2 is 1.55 bits per heavy atom. The van der Waals surface area contributed by atoms with Gasteiger partial charge >= 0.3 is 6.18 Å². The SMILES string of the molecule is C[C@H](C(=O)NC(C)(C)C)N(Cc1ccc(Cl)c(Cl)c1)C(=O)CN(c1ccc(Cl)c(C(F)(F)F)c1)S(C)(=O)=O. The van der Waals surface area contributed by atoms with Gasteiger partial charge in [-0.1, -0.05) is 40.9 Å². The number of alkyl halides is 3. The molecule has 0 aromatic heterocycles. The van der Waals surface area contributed by atoms with Crippen molar-refractivity contribution in [3.8, 4) is 0 Å². The molecule has 0 bridgehead atoms. The van der Waals surface area contributed by atoms with Crippen LogP contribution in [0.25, 0.3) is 0 Å². The van der Waals surface area contributed by atoms with Crippen molar-refractivity contribution in [1.29, 1.82) is 0 Å². The summed E-state index contributed by atoms with van der Waals surface area (Å²) in [5.41, 5.74) is -1.83. The normalized spacial score (nSPS) is 13.1. The van der Waals surface area contributed by atoms with Crippen LogP contribution in [0.4, 0.5) is 18.9 Å². The molecular formula is C24H27Cl3F3N3O4S. The van der Waals surface area contributed by atoms with Crippen LogP contribution < -0.4 is 9.62 Å². The fourth-order valence-corrected chi connectivity index (χ4v) is 4.78. The summed E-state index contributed by atoms with van der Waals surface area (Å²) in [6.07, 6.45) is -4.11. The number of rotatable bonds is 8. The maximum absolute atomic E-state index is 13.5. The molecule has 0 aliphatic heterocycles. The zero-order valence-electron chi connectivity index (χ0n) is 21.2. The maximum Gasteiger partial charge on any atom is 0.417 e. The molecule has 0 radical (unpaired) electrons. The summed E-state index contributed by atoms with van der Waals surface area (Å²) in [5.74, 6) is -1.37. The molecule has 210 valence electrons. The number of halogens is 6. The van der Waals surface area contributed by atoms with Gasteiger partial charge < -0.3 is 10.2 Å². The van der Waals surface area contributed by atoms with E-state index in [1.165, 1.54) is 19.1 Å². The van der Waals surface area contributed by atoms with E-state index in [0.717, 1.165) is 23.3 Å². The Balaban J connectivity index is 2.52. The minimum Gasteiger partial charge on any atom is -0.350 e. The molecule has 0 aliphatic carbocycles. The molecule has 0 unspecified atom stereocenters. The molecule has 0 saturated heterocycles. The van der Waals surface area contributed by atoms with Gasteiger partial charge in [-0.3, -0.25) is 13.9 Å². The minimum absolute atomic E-state index is 0.166. The average molecular weight is 617 g/mol. The van der Waals surface area contributed by atoms with E-state index >= 15 is 0 Å². The molecule has 1 N–H and O–H groups in total. The van der Waals surface area contributed by atoms with Gasteiger partial charge in [-0.05, 0) is 63.6 Å². The van der Waals surface area contributed by atoms with Crippen LogP contribution in [-0.2, 0) is 32.3 Å². The summed E-state index contributed by atoms with van der Waals surface area (Å²) in [4.78, 5) is 27.6. The van der Waals surface area contributed by atoms with Gasteiger partial charge in [-0.25, -0.2) is 8.42 Å². The smallest absolute Gasteiger partial charge is 0.350 e. The van der Waals surface area contributed by atoms with Crippen LogP contribution in [0, 0.1) is 0 Å². The molecule has 0 saturated carbocycles. The molecule has 1 atom stereocenters. The lowest BCUT2D eigenvalue weighted by atomic mass is 10.1. The second-order valence-electron chi connectivity index (χ2n) is 9.62. The fourth-order valence-electron chi connectivity index (χ4n) is 3.39. The molecule has 2 rings (SSSR count). The van der Waals surface area contributed by atoms with Crippen molar-refractivity contribution in [3.05, 3.63) is 62.6 Å². The third kappa shape index (κ3) is 8.65. The lowest BCUT2D eigenvalue weighted by molar-refractivity contribution is -0.140. The molecule has 2 aromatic carbocycles. The zero-order chi connectivity index (χ0) is 29.2. The van der Waals surface area contributed by atoms with Crippen molar-refractivity contribution in [2.45, 2.75) is 52.0 Å². The maximum atomic E-state index is 13.5. The van der Waals surface area contributed by atoms with Crippen molar-refractivity contribution >= 4 is 62.3 Å². The average Bonchev–Trinajstić information content (AvgIpc) is 2.75. The van der Waals surface area contributed by atoms with Crippen LogP contribution in [0.15, 0.2) is 36.4 Å². The molecule has 38 heavy (non-hydrogen) atoms. The number of nitrogens with zero attached hydrogens (tertiary/aromatic N) is 2. The first-order chi connectivity index (χ1) is 17.2. The summed E-state index contributed by atoms with van der Waals surface area (Å²) >= 11 is 17.7. The topological polar surface area (TPSA) is 86.8 Å². The first-order valence-corrected chi connectivity index (χ1v) is 14.1. The summed E-state index contributed by atoms with van der Waals surface area (Å²) in [5, 5.41) is 2.58. The highest BCUT2D eigenvalue weighted by Crippen LogP contribution is 2.37. The van der Waals surface area contributed by atoms with Gasteiger partial charge in [0.05, 0.1) is 32.6 Å². The summed E-state index contributed by atoms with van der Waals surface area (Å²) in [6, 6.07) is 5.98. The van der Waals surface area contributed by atoms with Gasteiger partial charge in [0.1, 0.15) is 12.6 Å². The molecule has 0 spiro atoms. The van der Waals surface area contributed by atoms with Gasteiger partial charge in [0.2, 0.25) is 21.8 Å². The Bertz CT molecular complexity index is 1320. The number of carbonyl (C=O) groups is 2. The molecule has 2 amide bonds. The number of hydrogen-bond donors (Lipinski definition) is 1. The Hall–Kier alpha value is -2.21. The lowest BCUT2D eigenvalue weighted by Gasteiger charge is -2.33. The van der Waals surface area contributed by atoms with E-state index in [1.807, 2.05) is 0 Å². The van der Waals surface area contributed by atoms with Crippen molar-refractivity contribution < 1.29 is 31.2 Å². The summed E-state index contributed by atoms with van der Waals surface area (Å²) in [7, 11) is -4.25. The van der Waals surface area contributed by atoms with Gasteiger partial charge in [-0.15, -0.1) is 0 Å². The molecular weight excluding hydrogens is 590 g/mol. The Morgan fingerprint density at radius 3 is 2.05 bits per heavy atom. The zero-order valence-corrected chi connectivity index (χ0v) is 24.2. The highest BCUT2D eigenvalue weighted by Gasteiger charge is 2.36. The van der Waals surface area contributed by atoms with E-state index in [4.69, 9.17) is 34.8 Å². The highest BCUT2D eigenvalue weighted by atomic mass is 35.5. The Kier molecular flexibility index (Phi) is 10.0. The van der Waals surface area contributed by atoms with E-state index in [-0.39, 0.29) is 16.6 Å². The number of anilines is 1. The van der Waals surface area contributed by atoms with E-state index in [2.05, 4.69) is 5.32 Å². The van der Waals surface area contributed by atoms with Crippen LogP contribution >= 0.6 is 34.8 Å². The second-order valence-corrected chi connectivity index (χ2v) is 12.7. The molecule has 2 aromatic rings. The predicted octanol–water partition coefficient (Wildman–Crippen LogP) is 5.76. The van der Waals surface area contributed by atoms with Crippen LogP contribution in [0.2, 0.25) is 15.1 Å². The predicted molar refractivity (Wildman–Crippen MR) is 143 cm³/mol. The van der Waals surface area contributed by atoms with E-state index in [0.29, 0.717) is 15.9 Å². The van der Waals surface area contributed by atoms with Crippen LogP contribution in [0.5, 0.6) is 0 Å². The monoisotopic (exact) mass is 615 g/mol.